The minimum Gasteiger partial charge on any atom is -0.325 e. The van der Waals surface area contributed by atoms with Gasteiger partial charge in [0.15, 0.2) is 0 Å². The maximum absolute atomic E-state index is 12.4. The monoisotopic (exact) mass is 340 g/mol. The molecule has 24 heavy (non-hydrogen) atoms. The number of anilines is 2. The van der Waals surface area contributed by atoms with E-state index in [1.807, 2.05) is 18.2 Å². The number of rotatable bonds is 2. The topological polar surface area (TPSA) is 58.2 Å². The lowest BCUT2D eigenvalue weighted by atomic mass is 9.80. The minimum atomic E-state index is -0.411. The summed E-state index contributed by atoms with van der Waals surface area (Å²) in [5.41, 5.74) is 2.66. The number of carbonyl (C=O) groups is 2. The molecule has 1 aliphatic heterocycles. The van der Waals surface area contributed by atoms with Gasteiger partial charge in [0.25, 0.3) is 5.91 Å². The maximum Gasteiger partial charge on any atom is 0.255 e. The van der Waals surface area contributed by atoms with Gasteiger partial charge in [0.1, 0.15) is 0 Å². The van der Waals surface area contributed by atoms with Gasteiger partial charge >= 0.3 is 0 Å². The Labute approximate surface area is 145 Å². The molecule has 4 nitrogen and oxygen atoms in total. The van der Waals surface area contributed by atoms with Gasteiger partial charge in [-0.1, -0.05) is 30.5 Å². The second-order valence-electron chi connectivity index (χ2n) is 6.47. The molecule has 2 aromatic rings. The van der Waals surface area contributed by atoms with Crippen LogP contribution in [0.15, 0.2) is 42.5 Å². The summed E-state index contributed by atoms with van der Waals surface area (Å²) in [4.78, 5) is 24.8. The number of benzene rings is 2. The molecular weight excluding hydrogens is 324 g/mol. The van der Waals surface area contributed by atoms with Crippen molar-refractivity contribution in [3.8, 4) is 0 Å². The van der Waals surface area contributed by atoms with Gasteiger partial charge in [-0.2, -0.15) is 0 Å². The van der Waals surface area contributed by atoms with Crippen LogP contribution >= 0.6 is 11.6 Å². The molecule has 2 aromatic carbocycles. The summed E-state index contributed by atoms with van der Waals surface area (Å²) in [7, 11) is 0. The number of carbonyl (C=O) groups excluding carboxylic acids is 2. The van der Waals surface area contributed by atoms with Gasteiger partial charge < -0.3 is 10.6 Å². The van der Waals surface area contributed by atoms with Crippen LogP contribution in [0.2, 0.25) is 5.02 Å². The molecule has 2 aliphatic rings. The number of fused-ring (bicyclic) bond motifs is 2. The molecule has 0 radical (unpaired) electrons. The summed E-state index contributed by atoms with van der Waals surface area (Å²) in [6.45, 7) is 0. The van der Waals surface area contributed by atoms with Gasteiger partial charge in [-0.05, 0) is 54.8 Å². The fourth-order valence-electron chi connectivity index (χ4n) is 3.80. The predicted octanol–water partition coefficient (Wildman–Crippen LogP) is 4.36. The number of nitrogens with one attached hydrogen (secondary N) is 2. The molecular formula is C19H17ClN2O2. The third-order valence-electron chi connectivity index (χ3n) is 5.02. The Morgan fingerprint density at radius 2 is 1.92 bits per heavy atom. The van der Waals surface area contributed by atoms with Crippen LogP contribution in [0.5, 0.6) is 0 Å². The predicted molar refractivity (Wildman–Crippen MR) is 94.6 cm³/mol. The fraction of sp³-hybridized carbons (Fsp3) is 0.263. The van der Waals surface area contributed by atoms with Crippen molar-refractivity contribution in [1.29, 1.82) is 0 Å². The molecule has 0 bridgehead atoms. The van der Waals surface area contributed by atoms with Crippen LogP contribution in [-0.2, 0) is 10.2 Å². The van der Waals surface area contributed by atoms with Crippen molar-refractivity contribution < 1.29 is 9.59 Å². The van der Waals surface area contributed by atoms with Gasteiger partial charge in [0.2, 0.25) is 5.91 Å². The van der Waals surface area contributed by atoms with Crippen LogP contribution in [0.1, 0.15) is 41.6 Å². The number of halogens is 1. The van der Waals surface area contributed by atoms with E-state index < -0.39 is 5.41 Å². The highest BCUT2D eigenvalue weighted by Crippen LogP contribution is 2.49. The Balaban J connectivity index is 1.64. The second kappa shape index (κ2) is 5.64. The van der Waals surface area contributed by atoms with Crippen molar-refractivity contribution in [2.75, 3.05) is 10.6 Å². The van der Waals surface area contributed by atoms with Crippen molar-refractivity contribution in [2.24, 2.45) is 0 Å². The van der Waals surface area contributed by atoms with Crippen molar-refractivity contribution in [2.45, 2.75) is 31.1 Å². The molecule has 122 valence electrons. The van der Waals surface area contributed by atoms with Crippen LogP contribution in [0.25, 0.3) is 0 Å². The molecule has 0 saturated heterocycles. The molecule has 4 rings (SSSR count). The third kappa shape index (κ3) is 2.38. The largest absolute Gasteiger partial charge is 0.325 e. The summed E-state index contributed by atoms with van der Waals surface area (Å²) in [6.07, 6.45) is 3.87. The normalized spacial score (nSPS) is 17.6. The first-order valence-corrected chi connectivity index (χ1v) is 8.49. The average molecular weight is 341 g/mol. The van der Waals surface area contributed by atoms with E-state index in [1.165, 1.54) is 0 Å². The number of amides is 2. The highest BCUT2D eigenvalue weighted by molar-refractivity contribution is 6.31. The molecule has 1 aliphatic carbocycles. The zero-order valence-electron chi connectivity index (χ0n) is 13.1. The lowest BCUT2D eigenvalue weighted by Crippen LogP contribution is -2.31. The molecule has 1 heterocycles. The van der Waals surface area contributed by atoms with Gasteiger partial charge in [0.05, 0.1) is 5.41 Å². The molecule has 1 fully saturated rings. The van der Waals surface area contributed by atoms with Crippen LogP contribution in [0.3, 0.4) is 0 Å². The SMILES string of the molecule is O=C(Nc1ccc2c(c1)C1(CCCC1)C(=O)N2)c1cccc(Cl)c1. The minimum absolute atomic E-state index is 0.0910. The smallest absolute Gasteiger partial charge is 0.255 e. The summed E-state index contributed by atoms with van der Waals surface area (Å²) >= 11 is 5.94. The van der Waals surface area contributed by atoms with Crippen molar-refractivity contribution in [1.82, 2.24) is 0 Å². The van der Waals surface area contributed by atoms with E-state index in [1.54, 1.807) is 24.3 Å². The summed E-state index contributed by atoms with van der Waals surface area (Å²) in [6, 6.07) is 12.4. The van der Waals surface area contributed by atoms with Crippen molar-refractivity contribution in [3.63, 3.8) is 0 Å². The van der Waals surface area contributed by atoms with Gasteiger partial charge in [-0.25, -0.2) is 0 Å². The van der Waals surface area contributed by atoms with E-state index in [9.17, 15) is 9.59 Å². The van der Waals surface area contributed by atoms with Crippen LogP contribution in [0, 0.1) is 0 Å². The van der Waals surface area contributed by atoms with Crippen molar-refractivity contribution >= 4 is 34.8 Å². The Morgan fingerprint density at radius 3 is 2.67 bits per heavy atom. The highest BCUT2D eigenvalue weighted by atomic mass is 35.5. The summed E-state index contributed by atoms with van der Waals surface area (Å²) < 4.78 is 0. The standard InChI is InChI=1S/C19H17ClN2O2/c20-13-5-3-4-12(10-13)17(23)21-14-6-7-16-15(11-14)19(18(24)22-16)8-1-2-9-19/h3-7,10-11H,1-2,8-9H2,(H,21,23)(H,22,24). The Hall–Kier alpha value is -2.33. The zero-order valence-corrected chi connectivity index (χ0v) is 13.8. The molecule has 2 amide bonds. The van der Waals surface area contributed by atoms with Gasteiger partial charge in [0, 0.05) is 22.0 Å². The number of hydrogen-bond donors (Lipinski definition) is 2. The first-order valence-electron chi connectivity index (χ1n) is 8.11. The lowest BCUT2D eigenvalue weighted by Gasteiger charge is -2.21. The Kier molecular flexibility index (Phi) is 3.57. The first kappa shape index (κ1) is 15.2. The second-order valence-corrected chi connectivity index (χ2v) is 6.90. The van der Waals surface area contributed by atoms with Gasteiger partial charge in [-0.3, -0.25) is 9.59 Å². The fourth-order valence-corrected chi connectivity index (χ4v) is 3.99. The van der Waals surface area contributed by atoms with E-state index in [0.717, 1.165) is 36.9 Å². The Morgan fingerprint density at radius 1 is 1.12 bits per heavy atom. The molecule has 5 heteroatoms. The first-order chi connectivity index (χ1) is 11.6. The third-order valence-corrected chi connectivity index (χ3v) is 5.25. The summed E-state index contributed by atoms with van der Waals surface area (Å²) in [5, 5.41) is 6.40. The zero-order chi connectivity index (χ0) is 16.7. The lowest BCUT2D eigenvalue weighted by molar-refractivity contribution is -0.120. The molecule has 0 unspecified atom stereocenters. The van der Waals surface area contributed by atoms with E-state index >= 15 is 0 Å². The van der Waals surface area contributed by atoms with Crippen LogP contribution < -0.4 is 10.6 Å². The molecule has 1 saturated carbocycles. The van der Waals surface area contributed by atoms with Crippen molar-refractivity contribution in [3.05, 3.63) is 58.6 Å². The highest BCUT2D eigenvalue weighted by Gasteiger charge is 2.48. The van der Waals surface area contributed by atoms with E-state index in [2.05, 4.69) is 10.6 Å². The molecule has 0 atom stereocenters. The van der Waals surface area contributed by atoms with E-state index in [4.69, 9.17) is 11.6 Å². The average Bonchev–Trinajstić information content (AvgIpc) is 3.16. The molecule has 0 aromatic heterocycles. The Bertz CT molecular complexity index is 841. The molecule has 1 spiro atoms. The summed E-state index contributed by atoms with van der Waals surface area (Å²) in [5.74, 6) is -0.122. The van der Waals surface area contributed by atoms with E-state index in [0.29, 0.717) is 16.3 Å². The van der Waals surface area contributed by atoms with E-state index in [-0.39, 0.29) is 11.8 Å². The maximum atomic E-state index is 12.4. The number of hydrogen-bond acceptors (Lipinski definition) is 2. The van der Waals surface area contributed by atoms with Crippen LogP contribution in [0.4, 0.5) is 11.4 Å². The van der Waals surface area contributed by atoms with Gasteiger partial charge in [-0.15, -0.1) is 0 Å². The molecule has 2 N–H and O–H groups in total. The van der Waals surface area contributed by atoms with Crippen LogP contribution in [-0.4, -0.2) is 11.8 Å². The quantitative estimate of drug-likeness (QED) is 0.853.